The topological polar surface area (TPSA) is 69.6 Å². The summed E-state index contributed by atoms with van der Waals surface area (Å²) in [6.45, 7) is 0.326. The number of carboxylic acids is 1. The largest absolute Gasteiger partial charge is 0.481 e. The van der Waals surface area contributed by atoms with Crippen LogP contribution in [0.25, 0.3) is 0 Å². The van der Waals surface area contributed by atoms with E-state index >= 15 is 0 Å². The van der Waals surface area contributed by atoms with Gasteiger partial charge in [0.2, 0.25) is 0 Å². The summed E-state index contributed by atoms with van der Waals surface area (Å²) >= 11 is 0. The third-order valence-corrected chi connectivity index (χ3v) is 3.47. The number of carbonyl (C=O) groups excluding carboxylic acids is 1. The van der Waals surface area contributed by atoms with E-state index in [4.69, 9.17) is 5.11 Å². The number of alkyl halides is 3. The second kappa shape index (κ2) is 6.25. The van der Waals surface area contributed by atoms with Crippen LogP contribution in [0.1, 0.15) is 12.0 Å². The lowest BCUT2D eigenvalue weighted by atomic mass is 10.1. The van der Waals surface area contributed by atoms with Gasteiger partial charge in [-0.05, 0) is 18.1 Å². The van der Waals surface area contributed by atoms with E-state index in [0.29, 0.717) is 6.42 Å². The van der Waals surface area contributed by atoms with Crippen LogP contribution in [0.15, 0.2) is 24.3 Å². The van der Waals surface area contributed by atoms with Crippen molar-refractivity contribution in [2.24, 2.45) is 5.92 Å². The average molecular weight is 316 g/mol. The molecule has 1 heterocycles. The Labute approximate surface area is 124 Å². The van der Waals surface area contributed by atoms with E-state index in [9.17, 15) is 22.8 Å². The average Bonchev–Trinajstić information content (AvgIpc) is 2.89. The number of carboxylic acid groups (broad SMARTS) is 1. The molecule has 2 N–H and O–H groups in total. The number of benzene rings is 1. The summed E-state index contributed by atoms with van der Waals surface area (Å²) in [7, 11) is 0. The van der Waals surface area contributed by atoms with Gasteiger partial charge >= 0.3 is 18.2 Å². The maximum atomic E-state index is 12.5. The SMILES string of the molecule is O=C(O)C1CCN(C(=O)Nc2ccccc2CC(F)(F)F)C1. The van der Waals surface area contributed by atoms with Crippen LogP contribution in [0.3, 0.4) is 0 Å². The number of anilines is 1. The Morgan fingerprint density at radius 2 is 2.00 bits per heavy atom. The molecule has 0 saturated carbocycles. The van der Waals surface area contributed by atoms with Crippen LogP contribution in [0.2, 0.25) is 0 Å². The molecule has 0 aromatic heterocycles. The minimum Gasteiger partial charge on any atom is -0.481 e. The first-order valence-electron chi connectivity index (χ1n) is 6.69. The zero-order valence-corrected chi connectivity index (χ0v) is 11.6. The van der Waals surface area contributed by atoms with Gasteiger partial charge < -0.3 is 15.3 Å². The lowest BCUT2D eigenvalue weighted by Gasteiger charge is -2.19. The highest BCUT2D eigenvalue weighted by Gasteiger charge is 2.32. The zero-order chi connectivity index (χ0) is 16.3. The van der Waals surface area contributed by atoms with Crippen LogP contribution >= 0.6 is 0 Å². The number of hydrogen-bond acceptors (Lipinski definition) is 2. The number of likely N-dealkylation sites (tertiary alicyclic amines) is 1. The molecule has 0 spiro atoms. The van der Waals surface area contributed by atoms with Gasteiger partial charge in [0.1, 0.15) is 0 Å². The molecule has 2 amide bonds. The standard InChI is InChI=1S/C14H15F3N2O3/c15-14(16,17)7-9-3-1-2-4-11(9)18-13(22)19-6-5-10(8-19)12(20)21/h1-4,10H,5-8H2,(H,18,22)(H,20,21). The Morgan fingerprint density at radius 1 is 1.32 bits per heavy atom. The summed E-state index contributed by atoms with van der Waals surface area (Å²) in [5.41, 5.74) is 0.0564. The monoisotopic (exact) mass is 316 g/mol. The van der Waals surface area contributed by atoms with Gasteiger partial charge in [0, 0.05) is 18.8 Å². The van der Waals surface area contributed by atoms with Crippen molar-refractivity contribution in [3.05, 3.63) is 29.8 Å². The molecule has 1 atom stereocenters. The molecule has 22 heavy (non-hydrogen) atoms. The van der Waals surface area contributed by atoms with Crippen molar-refractivity contribution in [3.63, 3.8) is 0 Å². The van der Waals surface area contributed by atoms with Crippen LogP contribution in [0.4, 0.5) is 23.7 Å². The van der Waals surface area contributed by atoms with Gasteiger partial charge in [-0.15, -0.1) is 0 Å². The molecule has 1 unspecified atom stereocenters. The number of para-hydroxylation sites is 1. The summed E-state index contributed by atoms with van der Waals surface area (Å²) in [5, 5.41) is 11.3. The molecule has 1 fully saturated rings. The van der Waals surface area contributed by atoms with Gasteiger partial charge in [0.15, 0.2) is 0 Å². The zero-order valence-electron chi connectivity index (χ0n) is 11.6. The lowest BCUT2D eigenvalue weighted by Crippen LogP contribution is -2.34. The second-order valence-corrected chi connectivity index (χ2v) is 5.15. The second-order valence-electron chi connectivity index (χ2n) is 5.15. The van der Waals surface area contributed by atoms with Crippen LogP contribution < -0.4 is 5.32 Å². The smallest absolute Gasteiger partial charge is 0.393 e. The van der Waals surface area contributed by atoms with Gasteiger partial charge in [-0.1, -0.05) is 18.2 Å². The molecule has 8 heteroatoms. The molecule has 120 valence electrons. The molecule has 1 aliphatic rings. The van der Waals surface area contributed by atoms with Crippen molar-refractivity contribution in [2.45, 2.75) is 19.0 Å². The molecular formula is C14H15F3N2O3. The molecule has 0 bridgehead atoms. The summed E-state index contributed by atoms with van der Waals surface area (Å²) in [6.07, 6.45) is -5.17. The summed E-state index contributed by atoms with van der Waals surface area (Å²) in [4.78, 5) is 24.2. The summed E-state index contributed by atoms with van der Waals surface area (Å²) in [5.74, 6) is -1.61. The van der Waals surface area contributed by atoms with Gasteiger partial charge in [0.05, 0.1) is 12.3 Å². The summed E-state index contributed by atoms with van der Waals surface area (Å²) < 4.78 is 37.5. The minimum atomic E-state index is -4.37. The van der Waals surface area contributed by atoms with Crippen LogP contribution in [0, 0.1) is 5.92 Å². The van der Waals surface area contributed by atoms with Gasteiger partial charge in [-0.25, -0.2) is 4.79 Å². The highest BCUT2D eigenvalue weighted by molar-refractivity contribution is 5.90. The van der Waals surface area contributed by atoms with Crippen molar-refractivity contribution in [3.8, 4) is 0 Å². The lowest BCUT2D eigenvalue weighted by molar-refractivity contribution is -0.141. The predicted octanol–water partition coefficient (Wildman–Crippen LogP) is 2.73. The van der Waals surface area contributed by atoms with E-state index in [1.807, 2.05) is 0 Å². The van der Waals surface area contributed by atoms with Crippen molar-refractivity contribution in [2.75, 3.05) is 18.4 Å². The highest BCUT2D eigenvalue weighted by Crippen LogP contribution is 2.26. The van der Waals surface area contributed by atoms with Crippen molar-refractivity contribution < 1.29 is 27.9 Å². The van der Waals surface area contributed by atoms with Gasteiger partial charge in [0.25, 0.3) is 0 Å². The fourth-order valence-electron chi connectivity index (χ4n) is 2.35. The Hall–Kier alpha value is -2.25. The predicted molar refractivity (Wildman–Crippen MR) is 72.5 cm³/mol. The van der Waals surface area contributed by atoms with E-state index in [1.54, 1.807) is 0 Å². The van der Waals surface area contributed by atoms with Gasteiger partial charge in [-0.3, -0.25) is 4.79 Å². The maximum absolute atomic E-state index is 12.5. The molecule has 5 nitrogen and oxygen atoms in total. The molecule has 1 aliphatic heterocycles. The summed E-state index contributed by atoms with van der Waals surface area (Å²) in [6, 6.07) is 5.10. The molecule has 1 aromatic carbocycles. The van der Waals surface area contributed by atoms with Crippen molar-refractivity contribution in [1.82, 2.24) is 4.90 Å². The van der Waals surface area contributed by atoms with E-state index < -0.39 is 30.5 Å². The number of hydrogen-bond donors (Lipinski definition) is 2. The normalized spacial score (nSPS) is 18.3. The molecule has 1 aromatic rings. The van der Waals surface area contributed by atoms with E-state index in [1.165, 1.54) is 29.2 Å². The first kappa shape index (κ1) is 16.1. The minimum absolute atomic E-state index is 0.0302. The number of carbonyl (C=O) groups is 2. The van der Waals surface area contributed by atoms with Crippen LogP contribution in [0.5, 0.6) is 0 Å². The Kier molecular flexibility index (Phi) is 4.58. The molecule has 1 saturated heterocycles. The Morgan fingerprint density at radius 3 is 2.59 bits per heavy atom. The first-order valence-corrected chi connectivity index (χ1v) is 6.69. The Bertz CT molecular complexity index is 575. The molecule has 0 radical (unpaired) electrons. The molecule has 0 aliphatic carbocycles. The van der Waals surface area contributed by atoms with Crippen LogP contribution in [-0.4, -0.2) is 41.3 Å². The highest BCUT2D eigenvalue weighted by atomic mass is 19.4. The van der Waals surface area contributed by atoms with E-state index in [-0.39, 0.29) is 24.3 Å². The van der Waals surface area contributed by atoms with Crippen LogP contribution in [-0.2, 0) is 11.2 Å². The number of nitrogens with one attached hydrogen (secondary N) is 1. The quantitative estimate of drug-likeness (QED) is 0.901. The van der Waals surface area contributed by atoms with Gasteiger partial charge in [-0.2, -0.15) is 13.2 Å². The number of nitrogens with zero attached hydrogens (tertiary/aromatic N) is 1. The third-order valence-electron chi connectivity index (χ3n) is 3.47. The van der Waals surface area contributed by atoms with E-state index in [2.05, 4.69) is 5.32 Å². The fourth-order valence-corrected chi connectivity index (χ4v) is 2.35. The number of urea groups is 1. The number of amides is 2. The van der Waals surface area contributed by atoms with E-state index in [0.717, 1.165) is 0 Å². The Balaban J connectivity index is 2.05. The van der Waals surface area contributed by atoms with Crippen molar-refractivity contribution in [1.29, 1.82) is 0 Å². The first-order chi connectivity index (χ1) is 10.3. The fraction of sp³-hybridized carbons (Fsp3) is 0.429. The van der Waals surface area contributed by atoms with Crippen molar-refractivity contribution >= 4 is 17.7 Å². The number of aliphatic carboxylic acids is 1. The number of halogens is 3. The number of rotatable bonds is 3. The molecule has 2 rings (SSSR count). The molecular weight excluding hydrogens is 301 g/mol. The maximum Gasteiger partial charge on any atom is 0.393 e. The third kappa shape index (κ3) is 4.12.